The maximum Gasteiger partial charge on any atom is 0.244 e. The van der Waals surface area contributed by atoms with Gasteiger partial charge in [0.15, 0.2) is 0 Å². The highest BCUT2D eigenvalue weighted by atomic mass is 35.5. The minimum atomic E-state index is -3.74. The zero-order chi connectivity index (χ0) is 13.8. The summed E-state index contributed by atoms with van der Waals surface area (Å²) in [4.78, 5) is -0.198. The molecule has 1 N–H and O–H groups in total. The Hall–Kier alpha value is -0.690. The average Bonchev–Trinajstić information content (AvgIpc) is 2.32. The molecule has 0 unspecified atom stereocenters. The highest BCUT2D eigenvalue weighted by Crippen LogP contribution is 2.24. The van der Waals surface area contributed by atoms with E-state index in [0.717, 1.165) is 12.1 Å². The van der Waals surface area contributed by atoms with E-state index in [-0.39, 0.29) is 9.92 Å². The third-order valence-electron chi connectivity index (χ3n) is 2.48. The van der Waals surface area contributed by atoms with Crippen LogP contribution in [-0.4, -0.2) is 39.9 Å². The lowest BCUT2D eigenvalue weighted by Crippen LogP contribution is -2.29. The molecule has 0 aliphatic carbocycles. The average molecular weight is 295 g/mol. The summed E-state index contributed by atoms with van der Waals surface area (Å²) in [6, 6.07) is 3.31. The van der Waals surface area contributed by atoms with Gasteiger partial charge >= 0.3 is 0 Å². The zero-order valence-electron chi connectivity index (χ0n) is 10.3. The Morgan fingerprint density at radius 2 is 2.11 bits per heavy atom. The van der Waals surface area contributed by atoms with Crippen LogP contribution in [0.3, 0.4) is 0 Å². The van der Waals surface area contributed by atoms with E-state index < -0.39 is 15.8 Å². The van der Waals surface area contributed by atoms with Crippen molar-refractivity contribution in [2.75, 3.05) is 27.2 Å². The van der Waals surface area contributed by atoms with Crippen LogP contribution in [0.4, 0.5) is 4.39 Å². The fourth-order valence-corrected chi connectivity index (χ4v) is 3.13. The quantitative estimate of drug-likeness (QED) is 0.813. The number of hydrogen-bond acceptors (Lipinski definition) is 3. The van der Waals surface area contributed by atoms with Gasteiger partial charge in [0, 0.05) is 13.6 Å². The monoisotopic (exact) mass is 294 g/mol. The predicted molar refractivity (Wildman–Crippen MR) is 69.8 cm³/mol. The molecule has 7 heteroatoms. The van der Waals surface area contributed by atoms with Crippen molar-refractivity contribution < 1.29 is 12.8 Å². The van der Waals surface area contributed by atoms with Crippen LogP contribution < -0.4 is 5.32 Å². The van der Waals surface area contributed by atoms with Crippen molar-refractivity contribution in [3.8, 4) is 0 Å². The van der Waals surface area contributed by atoms with Crippen LogP contribution in [0.15, 0.2) is 23.1 Å². The van der Waals surface area contributed by atoms with Crippen LogP contribution in [0.5, 0.6) is 0 Å². The molecular formula is C11H16ClFN2O2S. The summed E-state index contributed by atoms with van der Waals surface area (Å²) in [5, 5.41) is 2.95. The van der Waals surface area contributed by atoms with E-state index in [2.05, 4.69) is 5.32 Å². The normalized spacial score (nSPS) is 12.1. The van der Waals surface area contributed by atoms with Crippen molar-refractivity contribution in [2.24, 2.45) is 0 Å². The fourth-order valence-electron chi connectivity index (χ4n) is 1.44. The summed E-state index contributed by atoms with van der Waals surface area (Å²) in [6.07, 6.45) is 0.666. The van der Waals surface area contributed by atoms with Crippen molar-refractivity contribution in [1.82, 2.24) is 9.62 Å². The topological polar surface area (TPSA) is 49.4 Å². The van der Waals surface area contributed by atoms with Gasteiger partial charge in [0.2, 0.25) is 10.0 Å². The fraction of sp³-hybridized carbons (Fsp3) is 0.455. The Labute approximate surface area is 112 Å². The first-order valence-electron chi connectivity index (χ1n) is 5.45. The molecule has 0 heterocycles. The van der Waals surface area contributed by atoms with Gasteiger partial charge in [-0.25, -0.2) is 17.1 Å². The van der Waals surface area contributed by atoms with Gasteiger partial charge in [-0.1, -0.05) is 11.6 Å². The molecular weight excluding hydrogens is 279 g/mol. The third kappa shape index (κ3) is 3.65. The number of halogens is 2. The lowest BCUT2D eigenvalue weighted by Gasteiger charge is -2.17. The van der Waals surface area contributed by atoms with E-state index in [0.29, 0.717) is 19.5 Å². The van der Waals surface area contributed by atoms with Gasteiger partial charge in [0.1, 0.15) is 10.7 Å². The number of nitrogens with one attached hydrogen (secondary N) is 1. The van der Waals surface area contributed by atoms with E-state index >= 15 is 0 Å². The second-order valence-corrected chi connectivity index (χ2v) is 6.28. The van der Waals surface area contributed by atoms with Gasteiger partial charge in [-0.05, 0) is 38.2 Å². The summed E-state index contributed by atoms with van der Waals surface area (Å²) in [5.41, 5.74) is 0. The Balaban J connectivity index is 2.95. The van der Waals surface area contributed by atoms with E-state index in [4.69, 9.17) is 11.6 Å². The number of hydrogen-bond donors (Lipinski definition) is 1. The SMILES string of the molecule is CNCCCN(C)S(=O)(=O)c1cc(F)ccc1Cl. The van der Waals surface area contributed by atoms with Crippen molar-refractivity contribution in [3.05, 3.63) is 29.0 Å². The summed E-state index contributed by atoms with van der Waals surface area (Å²) in [6.45, 7) is 1.05. The van der Waals surface area contributed by atoms with Crippen molar-refractivity contribution in [3.63, 3.8) is 0 Å². The summed E-state index contributed by atoms with van der Waals surface area (Å²) >= 11 is 5.80. The Morgan fingerprint density at radius 3 is 2.72 bits per heavy atom. The largest absolute Gasteiger partial charge is 0.320 e. The van der Waals surface area contributed by atoms with Gasteiger partial charge in [-0.15, -0.1) is 0 Å². The molecule has 0 saturated carbocycles. The highest BCUT2D eigenvalue weighted by molar-refractivity contribution is 7.89. The Bertz CT molecular complexity index is 508. The molecule has 0 radical (unpaired) electrons. The van der Waals surface area contributed by atoms with Crippen molar-refractivity contribution >= 4 is 21.6 Å². The lowest BCUT2D eigenvalue weighted by molar-refractivity contribution is 0.457. The van der Waals surface area contributed by atoms with Gasteiger partial charge in [-0.2, -0.15) is 0 Å². The highest BCUT2D eigenvalue weighted by Gasteiger charge is 2.23. The molecule has 0 spiro atoms. The minimum absolute atomic E-state index is 0.0249. The van der Waals surface area contributed by atoms with Gasteiger partial charge in [0.25, 0.3) is 0 Å². The van der Waals surface area contributed by atoms with Crippen LogP contribution in [0.1, 0.15) is 6.42 Å². The van der Waals surface area contributed by atoms with E-state index in [1.807, 2.05) is 0 Å². The van der Waals surface area contributed by atoms with E-state index in [1.165, 1.54) is 17.4 Å². The Kier molecular flexibility index (Phi) is 5.52. The molecule has 1 aromatic rings. The van der Waals surface area contributed by atoms with E-state index in [1.54, 1.807) is 7.05 Å². The minimum Gasteiger partial charge on any atom is -0.320 e. The zero-order valence-corrected chi connectivity index (χ0v) is 11.9. The standard InChI is InChI=1S/C11H16ClFN2O2S/c1-14-6-3-7-15(2)18(16,17)11-8-9(13)4-5-10(11)12/h4-5,8,14H,3,6-7H2,1-2H3. The van der Waals surface area contributed by atoms with Crippen molar-refractivity contribution in [1.29, 1.82) is 0 Å². The molecule has 0 saturated heterocycles. The molecule has 1 aromatic carbocycles. The second-order valence-electron chi connectivity index (χ2n) is 3.86. The van der Waals surface area contributed by atoms with Gasteiger partial charge < -0.3 is 5.32 Å². The molecule has 1 rings (SSSR count). The molecule has 4 nitrogen and oxygen atoms in total. The van der Waals surface area contributed by atoms with Crippen LogP contribution in [-0.2, 0) is 10.0 Å². The lowest BCUT2D eigenvalue weighted by atomic mass is 10.3. The summed E-state index contributed by atoms with van der Waals surface area (Å²) in [5.74, 6) is -0.624. The molecule has 102 valence electrons. The number of rotatable bonds is 6. The maximum atomic E-state index is 13.1. The van der Waals surface area contributed by atoms with Gasteiger partial charge in [-0.3, -0.25) is 0 Å². The first-order valence-corrected chi connectivity index (χ1v) is 7.27. The molecule has 0 aromatic heterocycles. The molecule has 0 aliphatic rings. The van der Waals surface area contributed by atoms with Gasteiger partial charge in [0.05, 0.1) is 5.02 Å². The first-order chi connectivity index (χ1) is 8.39. The molecule has 0 bridgehead atoms. The van der Waals surface area contributed by atoms with Crippen LogP contribution in [0, 0.1) is 5.82 Å². The molecule has 0 amide bonds. The summed E-state index contributed by atoms with van der Waals surface area (Å²) in [7, 11) is -0.499. The van der Waals surface area contributed by atoms with Crippen molar-refractivity contribution in [2.45, 2.75) is 11.3 Å². The first kappa shape index (κ1) is 15.4. The van der Waals surface area contributed by atoms with E-state index in [9.17, 15) is 12.8 Å². The molecule has 0 fully saturated rings. The molecule has 0 atom stereocenters. The maximum absolute atomic E-state index is 13.1. The molecule has 0 aliphatic heterocycles. The summed E-state index contributed by atoms with van der Waals surface area (Å²) < 4.78 is 38.6. The van der Waals surface area contributed by atoms with Crippen LogP contribution in [0.25, 0.3) is 0 Å². The third-order valence-corrected chi connectivity index (χ3v) is 4.82. The Morgan fingerprint density at radius 1 is 1.44 bits per heavy atom. The predicted octanol–water partition coefficient (Wildman–Crippen LogP) is 1.71. The number of sulfonamides is 1. The van der Waals surface area contributed by atoms with Crippen LogP contribution >= 0.6 is 11.6 Å². The van der Waals surface area contributed by atoms with Crippen LogP contribution in [0.2, 0.25) is 5.02 Å². The number of nitrogens with zero attached hydrogens (tertiary/aromatic N) is 1. The smallest absolute Gasteiger partial charge is 0.244 e. The second kappa shape index (κ2) is 6.47. The molecule has 18 heavy (non-hydrogen) atoms. The number of benzene rings is 1.